The molecule has 1 aliphatic carbocycles. The first-order valence-corrected chi connectivity index (χ1v) is 7.72. The third-order valence-corrected chi connectivity index (χ3v) is 4.86. The lowest BCUT2D eigenvalue weighted by atomic mass is 9.76. The Hall–Kier alpha value is -1.02. The lowest BCUT2D eigenvalue weighted by Gasteiger charge is -2.32. The second-order valence-electron chi connectivity index (χ2n) is 6.42. The summed E-state index contributed by atoms with van der Waals surface area (Å²) in [7, 11) is 0. The molecule has 2 heteroatoms. The highest BCUT2D eigenvalue weighted by Gasteiger charge is 2.25. The van der Waals surface area contributed by atoms with Crippen LogP contribution in [0, 0.1) is 11.8 Å². The van der Waals surface area contributed by atoms with Gasteiger partial charge in [0.15, 0.2) is 0 Å². The molecule has 0 spiro atoms. The molecule has 3 unspecified atom stereocenters. The molecule has 2 nitrogen and oxygen atoms in total. The van der Waals surface area contributed by atoms with Crippen molar-refractivity contribution in [1.82, 2.24) is 0 Å². The van der Waals surface area contributed by atoms with E-state index in [4.69, 9.17) is 10.5 Å². The molecule has 104 valence electrons. The predicted octanol–water partition coefficient (Wildman–Crippen LogP) is 3.32. The highest BCUT2D eigenvalue weighted by molar-refractivity contribution is 5.39. The van der Waals surface area contributed by atoms with Gasteiger partial charge in [-0.25, -0.2) is 0 Å². The van der Waals surface area contributed by atoms with E-state index in [1.165, 1.54) is 43.2 Å². The number of fused-ring (bicyclic) bond motifs is 1. The largest absolute Gasteiger partial charge is 0.493 e. The normalized spacial score (nSPS) is 29.9. The van der Waals surface area contributed by atoms with Crippen LogP contribution < -0.4 is 10.5 Å². The van der Waals surface area contributed by atoms with Gasteiger partial charge in [0.1, 0.15) is 5.75 Å². The van der Waals surface area contributed by atoms with Gasteiger partial charge in [-0.15, -0.1) is 0 Å². The van der Waals surface area contributed by atoms with Crippen LogP contribution in [0.1, 0.15) is 43.7 Å². The zero-order valence-corrected chi connectivity index (χ0v) is 11.9. The summed E-state index contributed by atoms with van der Waals surface area (Å²) in [4.78, 5) is 0. The summed E-state index contributed by atoms with van der Waals surface area (Å²) >= 11 is 0. The van der Waals surface area contributed by atoms with Gasteiger partial charge in [0.05, 0.1) is 6.61 Å². The van der Waals surface area contributed by atoms with Gasteiger partial charge in [-0.1, -0.05) is 19.1 Å². The minimum Gasteiger partial charge on any atom is -0.493 e. The molecule has 0 aromatic heterocycles. The van der Waals surface area contributed by atoms with Crippen molar-refractivity contribution >= 4 is 0 Å². The summed E-state index contributed by atoms with van der Waals surface area (Å²) in [6.45, 7) is 3.22. The van der Waals surface area contributed by atoms with E-state index in [2.05, 4.69) is 25.1 Å². The summed E-state index contributed by atoms with van der Waals surface area (Å²) in [6, 6.07) is 7.12. The van der Waals surface area contributed by atoms with Gasteiger partial charge < -0.3 is 10.5 Å². The molecule has 3 rings (SSSR count). The van der Waals surface area contributed by atoms with E-state index in [1.807, 2.05) is 0 Å². The molecule has 0 radical (unpaired) electrons. The minimum atomic E-state index is 0.425. The van der Waals surface area contributed by atoms with Gasteiger partial charge in [0.2, 0.25) is 0 Å². The lowest BCUT2D eigenvalue weighted by molar-refractivity contribution is 0.234. The maximum Gasteiger partial charge on any atom is 0.122 e. The Morgan fingerprint density at radius 3 is 3.11 bits per heavy atom. The van der Waals surface area contributed by atoms with Crippen LogP contribution in [0.3, 0.4) is 0 Å². The number of ether oxygens (including phenoxy) is 1. The maximum absolute atomic E-state index is 6.28. The minimum absolute atomic E-state index is 0.425. The fraction of sp³-hybridized carbons (Fsp3) is 0.647. The summed E-state index contributed by atoms with van der Waals surface area (Å²) in [5.41, 5.74) is 9.12. The van der Waals surface area contributed by atoms with E-state index in [0.29, 0.717) is 12.0 Å². The molecule has 2 aliphatic rings. The predicted molar refractivity (Wildman–Crippen MR) is 78.4 cm³/mol. The Balaban J connectivity index is 1.59. The summed E-state index contributed by atoms with van der Waals surface area (Å²) < 4.78 is 5.56. The molecule has 1 aromatic rings. The third-order valence-electron chi connectivity index (χ3n) is 4.86. The topological polar surface area (TPSA) is 35.2 Å². The summed E-state index contributed by atoms with van der Waals surface area (Å²) in [6.07, 6.45) is 7.32. The van der Waals surface area contributed by atoms with Gasteiger partial charge in [-0.05, 0) is 61.1 Å². The van der Waals surface area contributed by atoms with E-state index in [-0.39, 0.29) is 0 Å². The van der Waals surface area contributed by atoms with Crippen molar-refractivity contribution in [1.29, 1.82) is 0 Å². The first-order chi connectivity index (χ1) is 9.22. The smallest absolute Gasteiger partial charge is 0.122 e. The molecule has 1 fully saturated rings. The van der Waals surface area contributed by atoms with Crippen LogP contribution >= 0.6 is 0 Å². The highest BCUT2D eigenvalue weighted by atomic mass is 16.5. The average molecular weight is 259 g/mol. The average Bonchev–Trinajstić information content (AvgIpc) is 2.87. The van der Waals surface area contributed by atoms with Crippen molar-refractivity contribution in [3.63, 3.8) is 0 Å². The second-order valence-corrected chi connectivity index (χ2v) is 6.42. The van der Waals surface area contributed by atoms with Gasteiger partial charge in [-0.3, -0.25) is 0 Å². The van der Waals surface area contributed by atoms with E-state index in [1.54, 1.807) is 0 Å². The zero-order valence-electron chi connectivity index (χ0n) is 11.9. The lowest BCUT2D eigenvalue weighted by Crippen LogP contribution is -2.35. The number of hydrogen-bond donors (Lipinski definition) is 1. The van der Waals surface area contributed by atoms with Crippen LogP contribution in [0.5, 0.6) is 5.75 Å². The van der Waals surface area contributed by atoms with E-state index < -0.39 is 0 Å². The molecule has 2 N–H and O–H groups in total. The van der Waals surface area contributed by atoms with Gasteiger partial charge in [-0.2, -0.15) is 0 Å². The molecule has 3 atom stereocenters. The number of benzene rings is 1. The first kappa shape index (κ1) is 13.0. The first-order valence-electron chi connectivity index (χ1n) is 7.72. The molecular weight excluding hydrogens is 234 g/mol. The quantitative estimate of drug-likeness (QED) is 0.903. The van der Waals surface area contributed by atoms with Gasteiger partial charge >= 0.3 is 0 Å². The summed E-state index contributed by atoms with van der Waals surface area (Å²) in [5, 5.41) is 0. The third kappa shape index (κ3) is 2.94. The van der Waals surface area contributed by atoms with Crippen LogP contribution in [0.25, 0.3) is 0 Å². The Labute approximate surface area is 116 Å². The molecule has 0 saturated heterocycles. The van der Waals surface area contributed by atoms with E-state index in [0.717, 1.165) is 24.7 Å². The van der Waals surface area contributed by atoms with Crippen molar-refractivity contribution in [3.05, 3.63) is 29.3 Å². The van der Waals surface area contributed by atoms with E-state index >= 15 is 0 Å². The monoisotopic (exact) mass is 259 g/mol. The molecule has 1 aliphatic heterocycles. The van der Waals surface area contributed by atoms with Crippen LogP contribution in [-0.2, 0) is 12.8 Å². The molecular formula is C17H25NO. The Kier molecular flexibility index (Phi) is 3.79. The summed E-state index contributed by atoms with van der Waals surface area (Å²) in [5.74, 6) is 2.67. The SMILES string of the molecule is CC1CCC(N)C(CCc2ccc3c(c2)CCO3)C1. The Morgan fingerprint density at radius 1 is 1.32 bits per heavy atom. The number of nitrogens with two attached hydrogens (primary N) is 1. The fourth-order valence-electron chi connectivity index (χ4n) is 3.60. The number of hydrogen-bond acceptors (Lipinski definition) is 2. The van der Waals surface area contributed by atoms with Crippen LogP contribution in [0.2, 0.25) is 0 Å². The molecule has 19 heavy (non-hydrogen) atoms. The Bertz CT molecular complexity index is 443. The van der Waals surface area contributed by atoms with Crippen molar-refractivity contribution in [2.45, 2.75) is 51.5 Å². The fourth-order valence-corrected chi connectivity index (χ4v) is 3.60. The van der Waals surface area contributed by atoms with Crippen molar-refractivity contribution in [2.75, 3.05) is 6.61 Å². The highest BCUT2D eigenvalue weighted by Crippen LogP contribution is 2.32. The number of aryl methyl sites for hydroxylation is 1. The van der Waals surface area contributed by atoms with Gasteiger partial charge in [0.25, 0.3) is 0 Å². The van der Waals surface area contributed by atoms with Crippen LogP contribution in [-0.4, -0.2) is 12.6 Å². The maximum atomic E-state index is 6.28. The van der Waals surface area contributed by atoms with Crippen LogP contribution in [0.15, 0.2) is 18.2 Å². The second kappa shape index (κ2) is 5.54. The van der Waals surface area contributed by atoms with Crippen molar-refractivity contribution in [3.8, 4) is 5.75 Å². The zero-order chi connectivity index (χ0) is 13.2. The molecule has 0 amide bonds. The standard InChI is InChI=1S/C17H25NO/c1-12-2-6-16(18)14(10-12)5-3-13-4-7-17-15(11-13)8-9-19-17/h4,7,11-12,14,16H,2-3,5-6,8-10,18H2,1H3. The number of rotatable bonds is 3. The van der Waals surface area contributed by atoms with E-state index in [9.17, 15) is 0 Å². The van der Waals surface area contributed by atoms with Crippen LogP contribution in [0.4, 0.5) is 0 Å². The molecule has 0 bridgehead atoms. The molecule has 1 heterocycles. The Morgan fingerprint density at radius 2 is 2.21 bits per heavy atom. The van der Waals surface area contributed by atoms with Crippen molar-refractivity contribution < 1.29 is 4.74 Å². The molecule has 1 aromatic carbocycles. The molecule has 1 saturated carbocycles. The van der Waals surface area contributed by atoms with Gasteiger partial charge in [0, 0.05) is 12.5 Å². The van der Waals surface area contributed by atoms with Crippen molar-refractivity contribution in [2.24, 2.45) is 17.6 Å².